The number of aromatic amines is 1. The van der Waals surface area contributed by atoms with Gasteiger partial charge in [0.2, 0.25) is 0 Å². The summed E-state index contributed by atoms with van der Waals surface area (Å²) in [5.41, 5.74) is 2.26. The van der Waals surface area contributed by atoms with E-state index in [9.17, 15) is 9.90 Å². The van der Waals surface area contributed by atoms with Gasteiger partial charge in [0, 0.05) is 11.9 Å². The van der Waals surface area contributed by atoms with Crippen molar-refractivity contribution >= 4 is 16.8 Å². The fourth-order valence-corrected chi connectivity index (χ4v) is 2.42. The Morgan fingerprint density at radius 3 is 3.00 bits per heavy atom. The molecule has 3 rings (SSSR count). The lowest BCUT2D eigenvalue weighted by Crippen LogP contribution is -2.35. The molecule has 0 aliphatic carbocycles. The standard InChI is InChI=1S/C18H19N3O3/c1-12-4-2-6-15(8-12)24-11-14(22)10-19-18(23)16-7-3-5-13-9-20-21-17(13)16/h2-9,14,22H,10-11H2,1H3,(H,19,23)(H,20,21). The molecule has 0 aliphatic heterocycles. The highest BCUT2D eigenvalue weighted by atomic mass is 16.5. The quantitative estimate of drug-likeness (QED) is 0.647. The van der Waals surface area contributed by atoms with Gasteiger partial charge in [0.05, 0.1) is 17.3 Å². The van der Waals surface area contributed by atoms with Gasteiger partial charge in [-0.25, -0.2) is 0 Å². The van der Waals surface area contributed by atoms with Crippen LogP contribution in [0.2, 0.25) is 0 Å². The number of aliphatic hydroxyl groups excluding tert-OH is 1. The van der Waals surface area contributed by atoms with Crippen molar-refractivity contribution in [2.45, 2.75) is 13.0 Å². The van der Waals surface area contributed by atoms with Crippen molar-refractivity contribution in [2.75, 3.05) is 13.2 Å². The van der Waals surface area contributed by atoms with Gasteiger partial charge in [0.1, 0.15) is 18.5 Å². The second-order valence-corrected chi connectivity index (χ2v) is 5.63. The van der Waals surface area contributed by atoms with E-state index in [0.717, 1.165) is 10.9 Å². The van der Waals surface area contributed by atoms with Gasteiger partial charge < -0.3 is 15.2 Å². The first-order valence-electron chi connectivity index (χ1n) is 7.71. The summed E-state index contributed by atoms with van der Waals surface area (Å²) in [4.78, 5) is 12.3. The molecule has 0 aliphatic rings. The molecule has 1 atom stereocenters. The van der Waals surface area contributed by atoms with Crippen molar-refractivity contribution in [1.29, 1.82) is 0 Å². The molecule has 1 amide bonds. The lowest BCUT2D eigenvalue weighted by Gasteiger charge is -2.14. The lowest BCUT2D eigenvalue weighted by atomic mass is 10.1. The summed E-state index contributed by atoms with van der Waals surface area (Å²) >= 11 is 0. The molecule has 0 saturated carbocycles. The third kappa shape index (κ3) is 3.72. The summed E-state index contributed by atoms with van der Waals surface area (Å²) in [5.74, 6) is 0.432. The van der Waals surface area contributed by atoms with Crippen LogP contribution in [0.1, 0.15) is 15.9 Å². The number of fused-ring (bicyclic) bond motifs is 1. The highest BCUT2D eigenvalue weighted by Gasteiger charge is 2.13. The van der Waals surface area contributed by atoms with Gasteiger partial charge in [-0.2, -0.15) is 5.10 Å². The van der Waals surface area contributed by atoms with E-state index in [2.05, 4.69) is 15.5 Å². The van der Waals surface area contributed by atoms with E-state index in [-0.39, 0.29) is 19.1 Å². The van der Waals surface area contributed by atoms with Gasteiger partial charge in [-0.3, -0.25) is 9.89 Å². The van der Waals surface area contributed by atoms with E-state index < -0.39 is 6.10 Å². The zero-order valence-electron chi connectivity index (χ0n) is 13.3. The average molecular weight is 325 g/mol. The first-order valence-corrected chi connectivity index (χ1v) is 7.71. The van der Waals surface area contributed by atoms with E-state index in [0.29, 0.717) is 16.8 Å². The largest absolute Gasteiger partial charge is 0.491 e. The van der Waals surface area contributed by atoms with Crippen LogP contribution in [0.15, 0.2) is 48.7 Å². The number of amides is 1. The third-order valence-corrected chi connectivity index (χ3v) is 3.65. The Kier molecular flexibility index (Phi) is 4.77. The number of nitrogens with zero attached hydrogens (tertiary/aromatic N) is 1. The van der Waals surface area contributed by atoms with Gasteiger partial charge in [0.25, 0.3) is 5.91 Å². The molecule has 1 heterocycles. The molecule has 0 fully saturated rings. The van der Waals surface area contributed by atoms with Crippen molar-refractivity contribution in [3.8, 4) is 5.75 Å². The van der Waals surface area contributed by atoms with Gasteiger partial charge >= 0.3 is 0 Å². The van der Waals surface area contributed by atoms with E-state index in [4.69, 9.17) is 4.74 Å². The lowest BCUT2D eigenvalue weighted by molar-refractivity contribution is 0.0845. The minimum absolute atomic E-state index is 0.106. The molecule has 2 aromatic carbocycles. The molecule has 24 heavy (non-hydrogen) atoms. The molecule has 3 N–H and O–H groups in total. The SMILES string of the molecule is Cc1cccc(OCC(O)CNC(=O)c2cccc3cn[nH]c23)c1. The number of aromatic nitrogens is 2. The number of para-hydroxylation sites is 1. The zero-order chi connectivity index (χ0) is 16.9. The van der Waals surface area contributed by atoms with Gasteiger partial charge in [-0.1, -0.05) is 24.3 Å². The molecule has 0 bridgehead atoms. The number of nitrogens with one attached hydrogen (secondary N) is 2. The Labute approximate surface area is 139 Å². The number of benzene rings is 2. The van der Waals surface area contributed by atoms with Crippen LogP contribution >= 0.6 is 0 Å². The summed E-state index contributed by atoms with van der Waals surface area (Å²) in [6.45, 7) is 2.19. The Balaban J connectivity index is 1.53. The summed E-state index contributed by atoms with van der Waals surface area (Å²) in [6, 6.07) is 13.0. The zero-order valence-corrected chi connectivity index (χ0v) is 13.3. The number of aliphatic hydroxyl groups is 1. The number of carbonyl (C=O) groups excluding carboxylic acids is 1. The number of rotatable bonds is 6. The number of ether oxygens (including phenoxy) is 1. The molecule has 3 aromatic rings. The molecule has 6 heteroatoms. The Bertz CT molecular complexity index is 844. The molecule has 6 nitrogen and oxygen atoms in total. The summed E-state index contributed by atoms with van der Waals surface area (Å²) in [7, 11) is 0. The minimum Gasteiger partial charge on any atom is -0.491 e. The maximum absolute atomic E-state index is 12.3. The van der Waals surface area contributed by atoms with Crippen molar-refractivity contribution < 1.29 is 14.6 Å². The highest BCUT2D eigenvalue weighted by molar-refractivity contribution is 6.05. The van der Waals surface area contributed by atoms with E-state index in [1.807, 2.05) is 37.3 Å². The smallest absolute Gasteiger partial charge is 0.253 e. The van der Waals surface area contributed by atoms with Crippen LogP contribution in [0.3, 0.4) is 0 Å². The van der Waals surface area contributed by atoms with Crippen molar-refractivity contribution in [3.63, 3.8) is 0 Å². The van der Waals surface area contributed by atoms with Crippen LogP contribution in [0.5, 0.6) is 5.75 Å². The van der Waals surface area contributed by atoms with Crippen LogP contribution < -0.4 is 10.1 Å². The second kappa shape index (κ2) is 7.14. The Morgan fingerprint density at radius 1 is 1.33 bits per heavy atom. The third-order valence-electron chi connectivity index (χ3n) is 3.65. The number of aryl methyl sites for hydroxylation is 1. The monoisotopic (exact) mass is 325 g/mol. The molecule has 1 aromatic heterocycles. The topological polar surface area (TPSA) is 87.2 Å². The first-order chi connectivity index (χ1) is 11.6. The summed E-state index contributed by atoms with van der Waals surface area (Å²) in [6.07, 6.45) is 0.867. The Morgan fingerprint density at radius 2 is 2.17 bits per heavy atom. The van der Waals surface area contributed by atoms with Crippen LogP contribution in [0, 0.1) is 6.92 Å². The van der Waals surface area contributed by atoms with Crippen LogP contribution in [0.4, 0.5) is 0 Å². The molecule has 1 unspecified atom stereocenters. The fraction of sp³-hybridized carbons (Fsp3) is 0.222. The highest BCUT2D eigenvalue weighted by Crippen LogP contribution is 2.15. The minimum atomic E-state index is -0.796. The second-order valence-electron chi connectivity index (χ2n) is 5.63. The Hall–Kier alpha value is -2.86. The normalized spacial score (nSPS) is 12.1. The predicted octanol–water partition coefficient (Wildman–Crippen LogP) is 2.04. The van der Waals surface area contributed by atoms with E-state index >= 15 is 0 Å². The van der Waals surface area contributed by atoms with Crippen LogP contribution in [-0.4, -0.2) is 40.5 Å². The summed E-state index contributed by atoms with van der Waals surface area (Å²) < 4.78 is 5.53. The molecular weight excluding hydrogens is 306 g/mol. The van der Waals surface area contributed by atoms with Gasteiger partial charge in [-0.05, 0) is 30.7 Å². The maximum atomic E-state index is 12.3. The first kappa shape index (κ1) is 16.0. The molecule has 0 spiro atoms. The number of carbonyl (C=O) groups is 1. The van der Waals surface area contributed by atoms with Crippen molar-refractivity contribution in [3.05, 3.63) is 59.8 Å². The van der Waals surface area contributed by atoms with E-state index in [1.165, 1.54) is 0 Å². The summed E-state index contributed by atoms with van der Waals surface area (Å²) in [5, 5.41) is 20.3. The maximum Gasteiger partial charge on any atom is 0.253 e. The van der Waals surface area contributed by atoms with Gasteiger partial charge in [-0.15, -0.1) is 0 Å². The predicted molar refractivity (Wildman–Crippen MR) is 91.1 cm³/mol. The molecule has 0 radical (unpaired) electrons. The number of H-pyrrole nitrogens is 1. The fourth-order valence-electron chi connectivity index (χ4n) is 2.42. The number of hydrogen-bond acceptors (Lipinski definition) is 4. The molecule has 124 valence electrons. The number of hydrogen-bond donors (Lipinski definition) is 3. The van der Waals surface area contributed by atoms with Gasteiger partial charge in [0.15, 0.2) is 0 Å². The molecular formula is C18H19N3O3. The van der Waals surface area contributed by atoms with Crippen molar-refractivity contribution in [2.24, 2.45) is 0 Å². The average Bonchev–Trinajstić information content (AvgIpc) is 3.06. The van der Waals surface area contributed by atoms with Crippen LogP contribution in [-0.2, 0) is 0 Å². The van der Waals surface area contributed by atoms with Crippen molar-refractivity contribution in [1.82, 2.24) is 15.5 Å². The molecule has 0 saturated heterocycles. The van der Waals surface area contributed by atoms with Crippen LogP contribution in [0.25, 0.3) is 10.9 Å². The van der Waals surface area contributed by atoms with E-state index in [1.54, 1.807) is 18.3 Å².